The molecule has 1 aliphatic rings. The van der Waals surface area contributed by atoms with Gasteiger partial charge in [-0.1, -0.05) is 0 Å². The van der Waals surface area contributed by atoms with E-state index in [1.807, 2.05) is 6.20 Å². The van der Waals surface area contributed by atoms with Crippen molar-refractivity contribution in [2.75, 3.05) is 19.6 Å². The molecule has 1 aliphatic heterocycles. The van der Waals surface area contributed by atoms with Crippen LogP contribution in [0.25, 0.3) is 0 Å². The lowest BCUT2D eigenvalue weighted by Crippen LogP contribution is -2.48. The quantitative estimate of drug-likeness (QED) is 0.926. The number of nitrogens with zero attached hydrogens (tertiary/aromatic N) is 2. The van der Waals surface area contributed by atoms with Gasteiger partial charge >= 0.3 is 0 Å². The summed E-state index contributed by atoms with van der Waals surface area (Å²) in [5.74, 6) is 0. The van der Waals surface area contributed by atoms with Crippen molar-refractivity contribution >= 4 is 15.9 Å². The van der Waals surface area contributed by atoms with Crippen LogP contribution < -0.4 is 5.73 Å². The molecule has 3 atom stereocenters. The van der Waals surface area contributed by atoms with Crippen LogP contribution in [0, 0.1) is 0 Å². The van der Waals surface area contributed by atoms with Crippen LogP contribution in [0.1, 0.15) is 25.5 Å². The van der Waals surface area contributed by atoms with Gasteiger partial charge in [-0.05, 0) is 41.4 Å². The Labute approximate surface area is 117 Å². The summed E-state index contributed by atoms with van der Waals surface area (Å²) in [6.45, 7) is 6.64. The van der Waals surface area contributed by atoms with Gasteiger partial charge in [0.05, 0.1) is 12.2 Å². The van der Waals surface area contributed by atoms with Crippen LogP contribution in [0.15, 0.2) is 22.9 Å². The van der Waals surface area contributed by atoms with E-state index in [1.165, 1.54) is 0 Å². The maximum atomic E-state index is 5.95. The highest BCUT2D eigenvalue weighted by Gasteiger charge is 2.28. The minimum absolute atomic E-state index is 0.212. The van der Waals surface area contributed by atoms with E-state index >= 15 is 0 Å². The maximum absolute atomic E-state index is 5.95. The smallest absolute Gasteiger partial charge is 0.0678 e. The normalized spacial score (nSPS) is 27.1. The van der Waals surface area contributed by atoms with Gasteiger partial charge in [-0.15, -0.1) is 0 Å². The molecule has 0 amide bonds. The molecule has 1 fully saturated rings. The van der Waals surface area contributed by atoms with Crippen LogP contribution in [0.3, 0.4) is 0 Å². The molecule has 2 heterocycles. The molecule has 4 nitrogen and oxygen atoms in total. The first-order chi connectivity index (χ1) is 8.60. The fourth-order valence-electron chi connectivity index (χ4n) is 2.58. The molecule has 100 valence electrons. The van der Waals surface area contributed by atoms with E-state index in [0.717, 1.165) is 23.1 Å². The molecule has 3 unspecified atom stereocenters. The van der Waals surface area contributed by atoms with E-state index in [4.69, 9.17) is 10.5 Å². The van der Waals surface area contributed by atoms with E-state index in [9.17, 15) is 0 Å². The Hall–Kier alpha value is -0.490. The highest BCUT2D eigenvalue weighted by atomic mass is 79.9. The second-order valence-corrected chi connectivity index (χ2v) is 5.81. The Balaban J connectivity index is 2.17. The lowest BCUT2D eigenvalue weighted by Gasteiger charge is -2.40. The average Bonchev–Trinajstić information content (AvgIpc) is 2.28. The zero-order valence-corrected chi connectivity index (χ0v) is 12.4. The molecule has 2 rings (SSSR count). The van der Waals surface area contributed by atoms with E-state index in [-0.39, 0.29) is 18.2 Å². The molecular weight excluding hydrogens is 294 g/mol. The van der Waals surface area contributed by atoms with Gasteiger partial charge in [0.25, 0.3) is 0 Å². The Morgan fingerprint density at radius 3 is 2.67 bits per heavy atom. The minimum Gasteiger partial charge on any atom is -0.373 e. The van der Waals surface area contributed by atoms with Crippen molar-refractivity contribution < 1.29 is 4.74 Å². The summed E-state index contributed by atoms with van der Waals surface area (Å²) in [5.41, 5.74) is 7.11. The first kappa shape index (κ1) is 13.9. The predicted molar refractivity (Wildman–Crippen MR) is 75.3 cm³/mol. The number of morpholine rings is 1. The summed E-state index contributed by atoms with van der Waals surface area (Å²) in [6.07, 6.45) is 4.19. The zero-order chi connectivity index (χ0) is 13.1. The van der Waals surface area contributed by atoms with Crippen LogP contribution in [0.5, 0.6) is 0 Å². The van der Waals surface area contributed by atoms with Crippen LogP contribution >= 0.6 is 15.9 Å². The van der Waals surface area contributed by atoms with Gasteiger partial charge < -0.3 is 10.5 Å². The number of hydrogen-bond acceptors (Lipinski definition) is 4. The lowest BCUT2D eigenvalue weighted by molar-refractivity contribution is -0.0799. The molecule has 1 aromatic rings. The summed E-state index contributed by atoms with van der Waals surface area (Å²) >= 11 is 3.46. The van der Waals surface area contributed by atoms with Crippen molar-refractivity contribution in [1.29, 1.82) is 0 Å². The third kappa shape index (κ3) is 3.29. The topological polar surface area (TPSA) is 51.4 Å². The summed E-state index contributed by atoms with van der Waals surface area (Å²) in [4.78, 5) is 6.62. The summed E-state index contributed by atoms with van der Waals surface area (Å²) in [6, 6.07) is 2.30. The number of pyridine rings is 1. The fourth-order valence-corrected chi connectivity index (χ4v) is 2.96. The van der Waals surface area contributed by atoms with Crippen molar-refractivity contribution in [3.63, 3.8) is 0 Å². The molecule has 1 aromatic heterocycles. The van der Waals surface area contributed by atoms with Crippen LogP contribution in [0.4, 0.5) is 0 Å². The highest BCUT2D eigenvalue weighted by molar-refractivity contribution is 9.10. The molecule has 1 saturated heterocycles. The summed E-state index contributed by atoms with van der Waals surface area (Å²) in [7, 11) is 0. The van der Waals surface area contributed by atoms with Crippen molar-refractivity contribution in [2.45, 2.75) is 32.1 Å². The lowest BCUT2D eigenvalue weighted by atomic mass is 10.1. The van der Waals surface area contributed by atoms with Gasteiger partial charge in [0.2, 0.25) is 0 Å². The predicted octanol–water partition coefficient (Wildman–Crippen LogP) is 1.95. The molecule has 0 aromatic carbocycles. The highest BCUT2D eigenvalue weighted by Crippen LogP contribution is 2.25. The van der Waals surface area contributed by atoms with Crippen molar-refractivity contribution in [3.8, 4) is 0 Å². The second kappa shape index (κ2) is 6.10. The van der Waals surface area contributed by atoms with Gasteiger partial charge in [0.1, 0.15) is 0 Å². The van der Waals surface area contributed by atoms with E-state index in [0.29, 0.717) is 6.54 Å². The monoisotopic (exact) mass is 313 g/mol. The van der Waals surface area contributed by atoms with E-state index < -0.39 is 0 Å². The van der Waals surface area contributed by atoms with E-state index in [1.54, 1.807) is 6.20 Å². The second-order valence-electron chi connectivity index (χ2n) is 4.90. The van der Waals surface area contributed by atoms with Crippen LogP contribution in [-0.4, -0.2) is 41.7 Å². The molecule has 0 spiro atoms. The fraction of sp³-hybridized carbons (Fsp3) is 0.615. The van der Waals surface area contributed by atoms with Crippen molar-refractivity contribution in [1.82, 2.24) is 9.88 Å². The molecule has 2 N–H and O–H groups in total. The third-order valence-electron chi connectivity index (χ3n) is 3.22. The molecule has 0 radical (unpaired) electrons. The largest absolute Gasteiger partial charge is 0.373 e. The molecule has 0 aliphatic carbocycles. The Bertz CT molecular complexity index is 392. The maximum Gasteiger partial charge on any atom is 0.0678 e. The number of aromatic nitrogens is 1. The number of rotatable bonds is 3. The first-order valence-corrected chi connectivity index (χ1v) is 7.09. The molecule has 0 saturated carbocycles. The van der Waals surface area contributed by atoms with Crippen molar-refractivity contribution in [2.24, 2.45) is 5.73 Å². The first-order valence-electron chi connectivity index (χ1n) is 6.30. The zero-order valence-electron chi connectivity index (χ0n) is 10.8. The van der Waals surface area contributed by atoms with Gasteiger partial charge in [-0.2, -0.15) is 0 Å². The standard InChI is InChI=1S/C13H20BrN3O/c1-9-7-17(8-10(2)18-9)13(4-15)11-3-12(14)6-16-5-11/h3,5-6,9-10,13H,4,7-8,15H2,1-2H3. The average molecular weight is 314 g/mol. The third-order valence-corrected chi connectivity index (χ3v) is 3.66. The number of nitrogens with two attached hydrogens (primary N) is 1. The van der Waals surface area contributed by atoms with E-state index in [2.05, 4.69) is 45.7 Å². The van der Waals surface area contributed by atoms with Crippen molar-refractivity contribution in [3.05, 3.63) is 28.5 Å². The molecule has 5 heteroatoms. The summed E-state index contributed by atoms with van der Waals surface area (Å²) < 4.78 is 6.76. The summed E-state index contributed by atoms with van der Waals surface area (Å²) in [5, 5.41) is 0. The Morgan fingerprint density at radius 1 is 1.44 bits per heavy atom. The SMILES string of the molecule is CC1CN(C(CN)c2cncc(Br)c2)CC(C)O1. The van der Waals surface area contributed by atoms with Gasteiger partial charge in [-0.25, -0.2) is 0 Å². The van der Waals surface area contributed by atoms with Crippen LogP contribution in [0.2, 0.25) is 0 Å². The molecular formula is C13H20BrN3O. The van der Waals surface area contributed by atoms with Crippen LogP contribution in [-0.2, 0) is 4.74 Å². The Morgan fingerprint density at radius 2 is 2.11 bits per heavy atom. The molecule has 0 bridgehead atoms. The molecule has 18 heavy (non-hydrogen) atoms. The Kier molecular flexibility index (Phi) is 4.72. The number of ether oxygens (including phenoxy) is 1. The number of hydrogen-bond donors (Lipinski definition) is 1. The van der Waals surface area contributed by atoms with Gasteiger partial charge in [0.15, 0.2) is 0 Å². The van der Waals surface area contributed by atoms with Gasteiger partial charge in [0, 0.05) is 42.5 Å². The van der Waals surface area contributed by atoms with Gasteiger partial charge in [-0.3, -0.25) is 9.88 Å². The minimum atomic E-state index is 0.212. The number of halogens is 1.